The number of anilines is 1. The van der Waals surface area contributed by atoms with E-state index >= 15 is 0 Å². The van der Waals surface area contributed by atoms with Gasteiger partial charge in [-0.05, 0) is 44.0 Å². The van der Waals surface area contributed by atoms with E-state index in [-0.39, 0.29) is 6.04 Å². The molecule has 1 aliphatic heterocycles. The van der Waals surface area contributed by atoms with Crippen molar-refractivity contribution in [1.29, 1.82) is 0 Å². The van der Waals surface area contributed by atoms with Crippen molar-refractivity contribution in [2.24, 2.45) is 0 Å². The average molecular weight is 398 g/mol. The van der Waals surface area contributed by atoms with E-state index in [0.29, 0.717) is 17.0 Å². The normalized spacial score (nSPS) is 17.0. The smallest absolute Gasteiger partial charge is 0.167 e. The zero-order valence-corrected chi connectivity index (χ0v) is 15.8. The second kappa shape index (κ2) is 6.59. The summed E-state index contributed by atoms with van der Waals surface area (Å²) in [6.07, 6.45) is 5.18. The monoisotopic (exact) mass is 398 g/mol. The Hall–Kier alpha value is -2.94. The molecule has 28 heavy (non-hydrogen) atoms. The number of rotatable bonds is 3. The predicted molar refractivity (Wildman–Crippen MR) is 102 cm³/mol. The Morgan fingerprint density at radius 3 is 2.89 bits per heavy atom. The lowest BCUT2D eigenvalue weighted by Crippen LogP contribution is -2.24. The molecule has 9 heteroatoms. The Bertz CT molecular complexity index is 1170. The SMILES string of the molecule is Cc1nnc(-c2cnn3ccc(N4CCCC4c4cc(F)ccc4F)nc23)s1. The average Bonchev–Trinajstić information content (AvgIpc) is 3.42. The molecule has 142 valence electrons. The van der Waals surface area contributed by atoms with Crippen LogP contribution in [0.2, 0.25) is 0 Å². The summed E-state index contributed by atoms with van der Waals surface area (Å²) >= 11 is 1.48. The molecule has 1 saturated heterocycles. The zero-order chi connectivity index (χ0) is 19.3. The van der Waals surface area contributed by atoms with Crippen LogP contribution in [0.1, 0.15) is 29.5 Å². The van der Waals surface area contributed by atoms with E-state index in [2.05, 4.69) is 15.3 Å². The van der Waals surface area contributed by atoms with Gasteiger partial charge in [-0.1, -0.05) is 11.3 Å². The first-order valence-corrected chi connectivity index (χ1v) is 9.78. The molecule has 4 heterocycles. The molecule has 0 saturated carbocycles. The summed E-state index contributed by atoms with van der Waals surface area (Å²) in [6.45, 7) is 2.62. The van der Waals surface area contributed by atoms with Crippen LogP contribution in [0, 0.1) is 18.6 Å². The molecule has 0 bridgehead atoms. The van der Waals surface area contributed by atoms with Crippen molar-refractivity contribution < 1.29 is 8.78 Å². The lowest BCUT2D eigenvalue weighted by Gasteiger charge is -2.26. The van der Waals surface area contributed by atoms with Crippen molar-refractivity contribution in [2.75, 3.05) is 11.4 Å². The molecular weight excluding hydrogens is 382 g/mol. The molecular formula is C19H16F2N6S. The number of aromatic nitrogens is 5. The highest BCUT2D eigenvalue weighted by Crippen LogP contribution is 2.37. The molecule has 1 unspecified atom stereocenters. The highest BCUT2D eigenvalue weighted by atomic mass is 32.1. The summed E-state index contributed by atoms with van der Waals surface area (Å²) in [5.74, 6) is -0.119. The van der Waals surface area contributed by atoms with Gasteiger partial charge in [0.25, 0.3) is 0 Å². The standard InChI is InChI=1S/C19H16F2N6S/c1-11-24-25-19(28-11)14-10-22-27-8-6-17(23-18(14)27)26-7-2-3-16(26)13-9-12(20)4-5-15(13)21/h4-6,8-10,16H,2-3,7H2,1H3. The predicted octanol–water partition coefficient (Wildman–Crippen LogP) is 4.18. The summed E-state index contributed by atoms with van der Waals surface area (Å²) < 4.78 is 29.8. The zero-order valence-electron chi connectivity index (χ0n) is 15.0. The van der Waals surface area contributed by atoms with Gasteiger partial charge in [0.15, 0.2) is 10.7 Å². The molecule has 5 rings (SSSR count). The molecule has 1 aliphatic rings. The third-order valence-corrected chi connectivity index (χ3v) is 5.85. The summed E-state index contributed by atoms with van der Waals surface area (Å²) in [4.78, 5) is 6.81. The molecule has 1 aromatic carbocycles. The number of hydrogen-bond acceptors (Lipinski definition) is 6. The first-order valence-electron chi connectivity index (χ1n) is 8.96. The van der Waals surface area contributed by atoms with Crippen LogP contribution in [-0.4, -0.2) is 31.3 Å². The first kappa shape index (κ1) is 17.2. The van der Waals surface area contributed by atoms with Crippen LogP contribution in [0.4, 0.5) is 14.6 Å². The third-order valence-electron chi connectivity index (χ3n) is 4.97. The molecule has 0 spiro atoms. The van der Waals surface area contributed by atoms with Gasteiger partial charge in [-0.15, -0.1) is 10.2 Å². The van der Waals surface area contributed by atoms with Crippen molar-refractivity contribution in [3.8, 4) is 10.6 Å². The van der Waals surface area contributed by atoms with Gasteiger partial charge in [-0.2, -0.15) is 5.10 Å². The summed E-state index contributed by atoms with van der Waals surface area (Å²) in [5.41, 5.74) is 1.84. The summed E-state index contributed by atoms with van der Waals surface area (Å²) in [6, 6.07) is 5.21. The van der Waals surface area contributed by atoms with E-state index in [9.17, 15) is 8.78 Å². The third kappa shape index (κ3) is 2.82. The number of benzene rings is 1. The van der Waals surface area contributed by atoms with Crippen LogP contribution >= 0.6 is 11.3 Å². The van der Waals surface area contributed by atoms with Crippen molar-refractivity contribution in [1.82, 2.24) is 24.8 Å². The van der Waals surface area contributed by atoms with Crippen molar-refractivity contribution in [3.63, 3.8) is 0 Å². The maximum atomic E-state index is 14.4. The lowest BCUT2D eigenvalue weighted by atomic mass is 10.0. The van der Waals surface area contributed by atoms with E-state index in [1.807, 2.05) is 24.1 Å². The van der Waals surface area contributed by atoms with Gasteiger partial charge < -0.3 is 4.90 Å². The minimum Gasteiger partial charge on any atom is -0.349 e. The molecule has 4 aromatic rings. The van der Waals surface area contributed by atoms with Crippen molar-refractivity contribution in [3.05, 3.63) is 58.9 Å². The number of halogens is 2. The fourth-order valence-electron chi connectivity index (χ4n) is 3.71. The molecule has 0 radical (unpaired) electrons. The topological polar surface area (TPSA) is 59.2 Å². The molecule has 1 atom stereocenters. The highest BCUT2D eigenvalue weighted by molar-refractivity contribution is 7.14. The van der Waals surface area contributed by atoms with Crippen molar-refractivity contribution >= 4 is 22.8 Å². The fourth-order valence-corrected chi connectivity index (χ4v) is 4.41. The molecule has 3 aromatic heterocycles. The van der Waals surface area contributed by atoms with Gasteiger partial charge >= 0.3 is 0 Å². The van der Waals surface area contributed by atoms with E-state index in [1.165, 1.54) is 23.5 Å². The maximum absolute atomic E-state index is 14.4. The summed E-state index contributed by atoms with van der Waals surface area (Å²) in [7, 11) is 0. The number of nitrogens with zero attached hydrogens (tertiary/aromatic N) is 6. The van der Waals surface area contributed by atoms with Crippen LogP contribution in [0.3, 0.4) is 0 Å². The van der Waals surface area contributed by atoms with Crippen LogP contribution < -0.4 is 4.90 Å². The molecule has 6 nitrogen and oxygen atoms in total. The Labute approximate surface area is 163 Å². The second-order valence-corrected chi connectivity index (χ2v) is 7.94. The molecule has 0 amide bonds. The van der Waals surface area contributed by atoms with Crippen LogP contribution in [0.5, 0.6) is 0 Å². The summed E-state index contributed by atoms with van der Waals surface area (Å²) in [5, 5.41) is 14.2. The van der Waals surface area contributed by atoms with Crippen LogP contribution in [0.25, 0.3) is 16.2 Å². The fraction of sp³-hybridized carbons (Fsp3) is 0.263. The van der Waals surface area contributed by atoms with E-state index in [4.69, 9.17) is 4.98 Å². The Balaban J connectivity index is 1.57. The van der Waals surface area contributed by atoms with Crippen LogP contribution in [0.15, 0.2) is 36.7 Å². The van der Waals surface area contributed by atoms with Gasteiger partial charge in [-0.3, -0.25) is 0 Å². The van der Waals surface area contributed by atoms with E-state index < -0.39 is 11.6 Å². The Morgan fingerprint density at radius 1 is 1.18 bits per heavy atom. The number of fused-ring (bicyclic) bond motifs is 1. The van der Waals surface area contributed by atoms with Gasteiger partial charge in [0.05, 0.1) is 17.8 Å². The van der Waals surface area contributed by atoms with E-state index in [1.54, 1.807) is 10.7 Å². The Kier molecular flexibility index (Phi) is 4.04. The Morgan fingerprint density at radius 2 is 2.07 bits per heavy atom. The molecule has 0 aliphatic carbocycles. The van der Waals surface area contributed by atoms with Gasteiger partial charge in [0.2, 0.25) is 0 Å². The van der Waals surface area contributed by atoms with E-state index in [0.717, 1.165) is 41.0 Å². The van der Waals surface area contributed by atoms with Crippen LogP contribution in [-0.2, 0) is 0 Å². The number of aryl methyl sites for hydroxylation is 1. The maximum Gasteiger partial charge on any atom is 0.167 e. The van der Waals surface area contributed by atoms with Gasteiger partial charge in [0.1, 0.15) is 22.5 Å². The van der Waals surface area contributed by atoms with Crippen molar-refractivity contribution in [2.45, 2.75) is 25.8 Å². The molecule has 1 fully saturated rings. The first-order chi connectivity index (χ1) is 13.6. The lowest BCUT2D eigenvalue weighted by molar-refractivity contribution is 0.560. The van der Waals surface area contributed by atoms with Gasteiger partial charge in [-0.25, -0.2) is 18.3 Å². The minimum absolute atomic E-state index is 0.249. The number of hydrogen-bond donors (Lipinski definition) is 0. The minimum atomic E-state index is -0.434. The van der Waals surface area contributed by atoms with Gasteiger partial charge in [0, 0.05) is 18.3 Å². The molecule has 0 N–H and O–H groups in total. The quantitative estimate of drug-likeness (QED) is 0.518. The highest BCUT2D eigenvalue weighted by Gasteiger charge is 2.30. The second-order valence-electron chi connectivity index (χ2n) is 6.76. The largest absolute Gasteiger partial charge is 0.349 e.